The number of hydrogen-bond donors (Lipinski definition) is 1. The van der Waals surface area contributed by atoms with Crippen molar-refractivity contribution in [1.82, 2.24) is 0 Å². The number of nitrogens with one attached hydrogen (secondary N) is 1. The zero-order valence-corrected chi connectivity index (χ0v) is 15.3. The predicted molar refractivity (Wildman–Crippen MR) is 101 cm³/mol. The lowest BCUT2D eigenvalue weighted by molar-refractivity contribution is -0.117. The third-order valence-corrected chi connectivity index (χ3v) is 6.18. The minimum absolute atomic E-state index is 0.0491. The van der Waals surface area contributed by atoms with Crippen molar-refractivity contribution in [2.75, 3.05) is 28.3 Å². The highest BCUT2D eigenvalue weighted by atomic mass is 32.2. The molecule has 0 spiro atoms. The van der Waals surface area contributed by atoms with E-state index in [4.69, 9.17) is 0 Å². The van der Waals surface area contributed by atoms with E-state index in [-0.39, 0.29) is 29.6 Å². The smallest absolute Gasteiger partial charge is 0.246 e. The molecule has 3 rings (SSSR count). The maximum absolute atomic E-state index is 14.0. The van der Waals surface area contributed by atoms with Gasteiger partial charge in [0, 0.05) is 5.69 Å². The van der Waals surface area contributed by atoms with Crippen molar-refractivity contribution >= 4 is 27.1 Å². The third kappa shape index (κ3) is 4.22. The van der Waals surface area contributed by atoms with E-state index in [1.807, 2.05) is 6.07 Å². The molecule has 0 radical (unpaired) electrons. The Morgan fingerprint density at radius 3 is 2.58 bits per heavy atom. The van der Waals surface area contributed by atoms with Gasteiger partial charge in [0.15, 0.2) is 9.84 Å². The van der Waals surface area contributed by atoms with Gasteiger partial charge in [-0.25, -0.2) is 12.8 Å². The number of para-hydroxylation sites is 1. The second-order valence-electron chi connectivity index (χ2n) is 6.49. The lowest BCUT2D eigenvalue weighted by atomic mass is 10.1. The largest absolute Gasteiger partial charge is 0.374 e. The molecule has 1 heterocycles. The number of carbonyl (C=O) groups is 1. The first-order chi connectivity index (χ1) is 12.4. The molecule has 0 aliphatic carbocycles. The Morgan fingerprint density at radius 1 is 1.23 bits per heavy atom. The zero-order valence-electron chi connectivity index (χ0n) is 14.5. The Kier molecular flexibility index (Phi) is 5.27. The van der Waals surface area contributed by atoms with Crippen molar-refractivity contribution in [3.8, 4) is 0 Å². The van der Waals surface area contributed by atoms with Crippen LogP contribution in [-0.4, -0.2) is 38.4 Å². The summed E-state index contributed by atoms with van der Waals surface area (Å²) in [6.07, 6.45) is 0.405. The highest BCUT2D eigenvalue weighted by Crippen LogP contribution is 2.25. The summed E-state index contributed by atoms with van der Waals surface area (Å²) < 4.78 is 37.7. The second kappa shape index (κ2) is 7.45. The summed E-state index contributed by atoms with van der Waals surface area (Å²) in [5, 5.41) is 2.82. The molecule has 2 aromatic carbocycles. The highest BCUT2D eigenvalue weighted by Gasteiger charge is 2.35. The molecule has 1 fully saturated rings. The molecule has 2 aromatic rings. The minimum atomic E-state index is -3.13. The number of sulfone groups is 1. The first-order valence-corrected chi connectivity index (χ1v) is 10.3. The van der Waals surface area contributed by atoms with Crippen LogP contribution < -0.4 is 10.2 Å². The fraction of sp³-hybridized carbons (Fsp3) is 0.316. The van der Waals surface area contributed by atoms with E-state index in [1.54, 1.807) is 43.3 Å². The van der Waals surface area contributed by atoms with Crippen molar-refractivity contribution in [1.29, 1.82) is 0 Å². The summed E-state index contributed by atoms with van der Waals surface area (Å²) in [5.74, 6) is -0.688. The van der Waals surface area contributed by atoms with E-state index in [0.717, 1.165) is 5.56 Å². The molecular formula is C19H21FN2O3S. The summed E-state index contributed by atoms with van der Waals surface area (Å²) in [4.78, 5) is 14.4. The molecule has 26 heavy (non-hydrogen) atoms. The van der Waals surface area contributed by atoms with Crippen LogP contribution in [0.3, 0.4) is 0 Å². The van der Waals surface area contributed by atoms with Crippen LogP contribution in [0.15, 0.2) is 48.5 Å². The number of aryl methyl sites for hydroxylation is 1. The average molecular weight is 376 g/mol. The van der Waals surface area contributed by atoms with Gasteiger partial charge in [-0.2, -0.15) is 0 Å². The molecule has 0 saturated carbocycles. The predicted octanol–water partition coefficient (Wildman–Crippen LogP) is 2.77. The Morgan fingerprint density at radius 2 is 1.96 bits per heavy atom. The average Bonchev–Trinajstić information content (AvgIpc) is 2.95. The summed E-state index contributed by atoms with van der Waals surface area (Å²) in [6.45, 7) is 1.67. The molecule has 1 amide bonds. The first kappa shape index (κ1) is 18.4. The molecule has 0 aromatic heterocycles. The van der Waals surface area contributed by atoms with Gasteiger partial charge < -0.3 is 10.2 Å². The maximum atomic E-state index is 14.0. The molecular weight excluding hydrogens is 355 g/mol. The van der Waals surface area contributed by atoms with E-state index < -0.39 is 21.7 Å². The number of nitrogens with zero attached hydrogens (tertiary/aromatic N) is 1. The van der Waals surface area contributed by atoms with E-state index in [0.29, 0.717) is 12.1 Å². The SMILES string of the molecule is Cc1ccc(NCC(=O)N(c2ccccc2)[C@@H]2CCS(=O)(=O)C2)c(F)c1. The third-order valence-electron chi connectivity index (χ3n) is 4.43. The number of anilines is 2. The first-order valence-electron chi connectivity index (χ1n) is 8.43. The normalized spacial score (nSPS) is 18.5. The Bertz CT molecular complexity index is 900. The van der Waals surface area contributed by atoms with Crippen LogP contribution in [0.5, 0.6) is 0 Å². The molecule has 1 N–H and O–H groups in total. The van der Waals surface area contributed by atoms with Crippen LogP contribution in [0, 0.1) is 12.7 Å². The van der Waals surface area contributed by atoms with Crippen LogP contribution in [-0.2, 0) is 14.6 Å². The molecule has 1 aliphatic rings. The topological polar surface area (TPSA) is 66.5 Å². The Balaban J connectivity index is 1.79. The fourth-order valence-electron chi connectivity index (χ4n) is 3.15. The van der Waals surface area contributed by atoms with Gasteiger partial charge in [-0.05, 0) is 43.2 Å². The van der Waals surface area contributed by atoms with Crippen molar-refractivity contribution < 1.29 is 17.6 Å². The maximum Gasteiger partial charge on any atom is 0.246 e. The van der Waals surface area contributed by atoms with Crippen LogP contribution in [0.2, 0.25) is 0 Å². The molecule has 138 valence electrons. The monoisotopic (exact) mass is 376 g/mol. The van der Waals surface area contributed by atoms with Crippen LogP contribution in [0.25, 0.3) is 0 Å². The van der Waals surface area contributed by atoms with Crippen molar-refractivity contribution in [2.24, 2.45) is 0 Å². The lowest BCUT2D eigenvalue weighted by Crippen LogP contribution is -2.44. The number of amides is 1. The number of carbonyl (C=O) groups excluding carboxylic acids is 1. The van der Waals surface area contributed by atoms with Gasteiger partial charge in [-0.1, -0.05) is 24.3 Å². The number of rotatable bonds is 5. The van der Waals surface area contributed by atoms with Gasteiger partial charge in [0.25, 0.3) is 0 Å². The van der Waals surface area contributed by atoms with E-state index in [2.05, 4.69) is 5.32 Å². The summed E-state index contributed by atoms with van der Waals surface area (Å²) in [7, 11) is -3.13. The zero-order chi connectivity index (χ0) is 18.7. The van der Waals surface area contributed by atoms with Crippen LogP contribution >= 0.6 is 0 Å². The van der Waals surface area contributed by atoms with Gasteiger partial charge in [-0.15, -0.1) is 0 Å². The number of benzene rings is 2. The quantitative estimate of drug-likeness (QED) is 0.871. The van der Waals surface area contributed by atoms with E-state index in [9.17, 15) is 17.6 Å². The molecule has 1 aliphatic heterocycles. The number of hydrogen-bond acceptors (Lipinski definition) is 4. The standard InChI is InChI=1S/C19H21FN2O3S/c1-14-7-8-18(17(20)11-14)21-12-19(23)22(15-5-3-2-4-6-15)16-9-10-26(24,25)13-16/h2-8,11,16,21H,9-10,12-13H2,1H3/t16-/m1/s1. The lowest BCUT2D eigenvalue weighted by Gasteiger charge is -2.28. The van der Waals surface area contributed by atoms with Crippen LogP contribution in [0.1, 0.15) is 12.0 Å². The molecule has 5 nitrogen and oxygen atoms in total. The molecule has 0 bridgehead atoms. The van der Waals surface area contributed by atoms with Crippen molar-refractivity contribution in [3.05, 3.63) is 59.9 Å². The Hall–Kier alpha value is -2.41. The Labute approximate surface area is 152 Å². The van der Waals surface area contributed by atoms with Gasteiger partial charge >= 0.3 is 0 Å². The van der Waals surface area contributed by atoms with Gasteiger partial charge in [-0.3, -0.25) is 4.79 Å². The molecule has 7 heteroatoms. The van der Waals surface area contributed by atoms with Crippen molar-refractivity contribution in [3.63, 3.8) is 0 Å². The van der Waals surface area contributed by atoms with Crippen LogP contribution in [0.4, 0.5) is 15.8 Å². The van der Waals surface area contributed by atoms with E-state index in [1.165, 1.54) is 11.0 Å². The molecule has 0 unspecified atom stereocenters. The summed E-state index contributed by atoms with van der Waals surface area (Å²) in [5.41, 5.74) is 1.68. The van der Waals surface area contributed by atoms with Gasteiger partial charge in [0.1, 0.15) is 5.82 Å². The molecule has 1 saturated heterocycles. The van der Waals surface area contributed by atoms with Gasteiger partial charge in [0.05, 0.1) is 29.8 Å². The fourth-order valence-corrected chi connectivity index (χ4v) is 4.85. The summed E-state index contributed by atoms with van der Waals surface area (Å²) >= 11 is 0. The minimum Gasteiger partial charge on any atom is -0.374 e. The van der Waals surface area contributed by atoms with Crippen molar-refractivity contribution in [2.45, 2.75) is 19.4 Å². The molecule has 1 atom stereocenters. The summed E-state index contributed by atoms with van der Waals surface area (Å²) in [6, 6.07) is 13.3. The highest BCUT2D eigenvalue weighted by molar-refractivity contribution is 7.91. The second-order valence-corrected chi connectivity index (χ2v) is 8.72. The number of halogens is 1. The van der Waals surface area contributed by atoms with Gasteiger partial charge in [0.2, 0.25) is 5.91 Å². The van der Waals surface area contributed by atoms with E-state index >= 15 is 0 Å².